The number of methoxy groups -OCH3 is 1. The molecule has 0 bridgehead atoms. The molecule has 0 saturated heterocycles. The number of nitrogens with zero attached hydrogens (tertiary/aromatic N) is 5. The van der Waals surface area contributed by atoms with Gasteiger partial charge in [0.05, 0.1) is 18.3 Å². The van der Waals surface area contributed by atoms with Crippen molar-refractivity contribution < 1.29 is 4.74 Å². The van der Waals surface area contributed by atoms with Crippen LogP contribution in [0.5, 0.6) is 0 Å². The molecule has 1 aliphatic heterocycles. The number of rotatable bonds is 3. The van der Waals surface area contributed by atoms with E-state index in [1.54, 1.807) is 13.4 Å². The molecule has 3 aromatic rings. The number of benzene rings is 1. The largest absolute Gasteiger partial charge is 0.378 e. The molecule has 1 unspecified atom stereocenters. The minimum atomic E-state index is 0.283. The number of fused-ring (bicyclic) bond motifs is 2. The number of anilines is 1. The van der Waals surface area contributed by atoms with Crippen molar-refractivity contribution in [3.05, 3.63) is 53.5 Å². The first-order chi connectivity index (χ1) is 11.3. The van der Waals surface area contributed by atoms with Crippen molar-refractivity contribution in [2.45, 2.75) is 26.0 Å². The van der Waals surface area contributed by atoms with E-state index in [0.717, 1.165) is 24.5 Å². The Kier molecular flexibility index (Phi) is 3.46. The van der Waals surface area contributed by atoms with Gasteiger partial charge < -0.3 is 9.64 Å². The summed E-state index contributed by atoms with van der Waals surface area (Å²) in [6.45, 7) is 3.65. The van der Waals surface area contributed by atoms with Gasteiger partial charge in [-0.05, 0) is 24.5 Å². The minimum absolute atomic E-state index is 0.283. The van der Waals surface area contributed by atoms with Crippen LogP contribution in [-0.2, 0) is 17.8 Å². The standard InChI is InChI=1S/C17H19N5O/c1-12-15-6-4-3-5-13(15)7-8-21(12)16-9-14(10-23-2)20-17-18-11-19-22(16)17/h3-6,9,11-12H,7-8,10H2,1-2H3. The Balaban J connectivity index is 1.81. The van der Waals surface area contributed by atoms with Crippen LogP contribution in [-0.4, -0.2) is 33.2 Å². The second kappa shape index (κ2) is 5.62. The molecular formula is C17H19N5O. The molecule has 6 heteroatoms. The van der Waals surface area contributed by atoms with E-state index in [9.17, 15) is 0 Å². The van der Waals surface area contributed by atoms with Crippen molar-refractivity contribution in [2.24, 2.45) is 0 Å². The molecule has 1 atom stereocenters. The van der Waals surface area contributed by atoms with E-state index in [4.69, 9.17) is 4.74 Å². The fourth-order valence-corrected chi connectivity index (χ4v) is 3.36. The Hall–Kier alpha value is -2.47. The van der Waals surface area contributed by atoms with E-state index < -0.39 is 0 Å². The Morgan fingerprint density at radius 2 is 2.17 bits per heavy atom. The Labute approximate surface area is 134 Å². The zero-order chi connectivity index (χ0) is 15.8. The number of ether oxygens (including phenoxy) is 1. The topological polar surface area (TPSA) is 55.6 Å². The summed E-state index contributed by atoms with van der Waals surface area (Å²) >= 11 is 0. The van der Waals surface area contributed by atoms with E-state index in [1.807, 2.05) is 4.52 Å². The van der Waals surface area contributed by atoms with E-state index in [1.165, 1.54) is 11.1 Å². The van der Waals surface area contributed by atoms with Crippen LogP contribution in [0.25, 0.3) is 5.78 Å². The highest BCUT2D eigenvalue weighted by atomic mass is 16.5. The second-order valence-electron chi connectivity index (χ2n) is 5.83. The molecule has 6 nitrogen and oxygen atoms in total. The maximum Gasteiger partial charge on any atom is 0.254 e. The fourth-order valence-electron chi connectivity index (χ4n) is 3.36. The van der Waals surface area contributed by atoms with Crippen molar-refractivity contribution in [1.29, 1.82) is 0 Å². The highest BCUT2D eigenvalue weighted by Crippen LogP contribution is 2.33. The van der Waals surface area contributed by atoms with Gasteiger partial charge in [-0.2, -0.15) is 14.6 Å². The first kappa shape index (κ1) is 14.1. The fraction of sp³-hybridized carbons (Fsp3) is 0.353. The van der Waals surface area contributed by atoms with Gasteiger partial charge in [-0.15, -0.1) is 0 Å². The highest BCUT2D eigenvalue weighted by molar-refractivity contribution is 5.52. The first-order valence-corrected chi connectivity index (χ1v) is 7.81. The predicted octanol–water partition coefficient (Wildman–Crippen LogP) is 2.39. The summed E-state index contributed by atoms with van der Waals surface area (Å²) in [5, 5.41) is 4.35. The lowest BCUT2D eigenvalue weighted by Crippen LogP contribution is -2.35. The van der Waals surface area contributed by atoms with E-state index in [2.05, 4.69) is 57.2 Å². The molecule has 1 aromatic carbocycles. The van der Waals surface area contributed by atoms with Gasteiger partial charge in [-0.3, -0.25) is 0 Å². The monoisotopic (exact) mass is 309 g/mol. The predicted molar refractivity (Wildman–Crippen MR) is 87.4 cm³/mol. The van der Waals surface area contributed by atoms with Crippen LogP contribution in [0.15, 0.2) is 36.7 Å². The maximum absolute atomic E-state index is 5.24. The minimum Gasteiger partial charge on any atom is -0.378 e. The number of aromatic nitrogens is 4. The van der Waals surface area contributed by atoms with E-state index >= 15 is 0 Å². The lowest BCUT2D eigenvalue weighted by molar-refractivity contribution is 0.181. The Morgan fingerprint density at radius 3 is 3.04 bits per heavy atom. The third-order valence-corrected chi connectivity index (χ3v) is 4.47. The van der Waals surface area contributed by atoms with Crippen LogP contribution in [0.3, 0.4) is 0 Å². The molecule has 118 valence electrons. The van der Waals surface area contributed by atoms with Crippen LogP contribution >= 0.6 is 0 Å². The normalized spacial score (nSPS) is 17.5. The molecule has 0 aliphatic carbocycles. The summed E-state index contributed by atoms with van der Waals surface area (Å²) < 4.78 is 7.05. The summed E-state index contributed by atoms with van der Waals surface area (Å²) in [4.78, 5) is 11.1. The molecule has 0 fully saturated rings. The zero-order valence-corrected chi connectivity index (χ0v) is 13.3. The van der Waals surface area contributed by atoms with Gasteiger partial charge in [0.15, 0.2) is 0 Å². The van der Waals surface area contributed by atoms with Crippen molar-refractivity contribution >= 4 is 11.6 Å². The van der Waals surface area contributed by atoms with Crippen LogP contribution in [0.4, 0.5) is 5.82 Å². The third-order valence-electron chi connectivity index (χ3n) is 4.47. The average Bonchev–Trinajstić information content (AvgIpc) is 3.04. The third kappa shape index (κ3) is 2.35. The van der Waals surface area contributed by atoms with Gasteiger partial charge in [0.25, 0.3) is 5.78 Å². The van der Waals surface area contributed by atoms with Crippen LogP contribution in [0, 0.1) is 0 Å². The summed E-state index contributed by atoms with van der Waals surface area (Å²) in [6.07, 6.45) is 2.57. The molecule has 23 heavy (non-hydrogen) atoms. The first-order valence-electron chi connectivity index (χ1n) is 7.81. The average molecular weight is 309 g/mol. The SMILES string of the molecule is COCc1cc(N2CCc3ccccc3C2C)n2ncnc2n1. The van der Waals surface area contributed by atoms with E-state index in [0.29, 0.717) is 12.4 Å². The van der Waals surface area contributed by atoms with E-state index in [-0.39, 0.29) is 6.04 Å². The lowest BCUT2D eigenvalue weighted by atomic mass is 9.93. The Bertz CT molecular complexity index is 844. The van der Waals surface area contributed by atoms with Gasteiger partial charge in [-0.25, -0.2) is 4.98 Å². The van der Waals surface area contributed by atoms with Crippen LogP contribution in [0.2, 0.25) is 0 Å². The summed E-state index contributed by atoms with van der Waals surface area (Å²) in [5.41, 5.74) is 3.67. The molecule has 0 amide bonds. The summed E-state index contributed by atoms with van der Waals surface area (Å²) in [7, 11) is 1.68. The molecule has 3 heterocycles. The molecule has 0 spiro atoms. The Morgan fingerprint density at radius 1 is 1.30 bits per heavy atom. The highest BCUT2D eigenvalue weighted by Gasteiger charge is 2.26. The van der Waals surface area contributed by atoms with Gasteiger partial charge >= 0.3 is 0 Å². The smallest absolute Gasteiger partial charge is 0.254 e. The van der Waals surface area contributed by atoms with Gasteiger partial charge in [-0.1, -0.05) is 24.3 Å². The molecule has 0 radical (unpaired) electrons. The molecule has 0 N–H and O–H groups in total. The van der Waals surface area contributed by atoms with Gasteiger partial charge in [0, 0.05) is 19.7 Å². The van der Waals surface area contributed by atoms with Gasteiger partial charge in [0.1, 0.15) is 12.1 Å². The molecule has 1 aliphatic rings. The zero-order valence-electron chi connectivity index (χ0n) is 13.3. The molecule has 0 saturated carbocycles. The number of hydrogen-bond acceptors (Lipinski definition) is 5. The molecule has 2 aromatic heterocycles. The summed E-state index contributed by atoms with van der Waals surface area (Å²) in [5.74, 6) is 1.63. The van der Waals surface area contributed by atoms with Crippen LogP contribution < -0.4 is 4.90 Å². The molecule has 4 rings (SSSR count). The van der Waals surface area contributed by atoms with Crippen molar-refractivity contribution in [2.75, 3.05) is 18.6 Å². The maximum atomic E-state index is 5.24. The summed E-state index contributed by atoms with van der Waals surface area (Å²) in [6, 6.07) is 11.0. The lowest BCUT2D eigenvalue weighted by Gasteiger charge is -2.36. The van der Waals surface area contributed by atoms with Gasteiger partial charge in [0.2, 0.25) is 0 Å². The molecular weight excluding hydrogens is 290 g/mol. The van der Waals surface area contributed by atoms with Crippen molar-refractivity contribution in [3.63, 3.8) is 0 Å². The van der Waals surface area contributed by atoms with Crippen molar-refractivity contribution in [1.82, 2.24) is 19.6 Å². The van der Waals surface area contributed by atoms with Crippen LogP contribution in [0.1, 0.15) is 29.8 Å². The quantitative estimate of drug-likeness (QED) is 0.743. The van der Waals surface area contributed by atoms with Crippen molar-refractivity contribution in [3.8, 4) is 0 Å². The second-order valence-corrected chi connectivity index (χ2v) is 5.83. The number of hydrogen-bond donors (Lipinski definition) is 0.